The van der Waals surface area contributed by atoms with Gasteiger partial charge in [-0.3, -0.25) is 14.5 Å². The molecule has 10 heteroatoms. The first-order valence-electron chi connectivity index (χ1n) is 11.8. The molecular weight excluding hydrogens is 554 g/mol. The Bertz CT molecular complexity index is 1550. The van der Waals surface area contributed by atoms with E-state index >= 15 is 0 Å². The van der Waals surface area contributed by atoms with Crippen LogP contribution in [0.3, 0.4) is 0 Å². The minimum absolute atomic E-state index is 0.0251. The van der Waals surface area contributed by atoms with Crippen LogP contribution in [0.25, 0.3) is 6.08 Å². The van der Waals surface area contributed by atoms with E-state index in [-0.39, 0.29) is 10.7 Å². The smallest absolute Gasteiger partial charge is 0.296 e. The number of hydrogen-bond donors (Lipinski definition) is 1. The van der Waals surface area contributed by atoms with Crippen LogP contribution in [0.2, 0.25) is 5.02 Å². The number of ketones is 1. The van der Waals surface area contributed by atoms with Gasteiger partial charge in [0.05, 0.1) is 18.7 Å². The third-order valence-corrected chi connectivity index (χ3v) is 8.39. The number of ether oxygens (including phenoxy) is 1. The highest BCUT2D eigenvalue weighted by molar-refractivity contribution is 8.00. The van der Waals surface area contributed by atoms with Gasteiger partial charge in [-0.05, 0) is 47.0 Å². The lowest BCUT2D eigenvalue weighted by Crippen LogP contribution is -2.30. The van der Waals surface area contributed by atoms with Crippen LogP contribution in [0, 0.1) is 0 Å². The average molecular weight is 576 g/mol. The van der Waals surface area contributed by atoms with Crippen LogP contribution in [0.1, 0.15) is 22.7 Å². The maximum absolute atomic E-state index is 13.4. The Hall–Kier alpha value is -3.92. The number of anilines is 1. The van der Waals surface area contributed by atoms with Crippen molar-refractivity contribution in [3.05, 3.63) is 118 Å². The molecule has 1 atom stereocenters. The second kappa shape index (κ2) is 11.9. The molecule has 1 amide bonds. The van der Waals surface area contributed by atoms with Gasteiger partial charge >= 0.3 is 0 Å². The molecule has 0 spiro atoms. The van der Waals surface area contributed by atoms with E-state index < -0.39 is 23.5 Å². The van der Waals surface area contributed by atoms with Gasteiger partial charge in [0.2, 0.25) is 5.13 Å². The molecule has 2 heterocycles. The number of carbonyl (C=O) groups excluding carboxylic acids is 2. The van der Waals surface area contributed by atoms with Crippen molar-refractivity contribution in [1.82, 2.24) is 10.2 Å². The molecule has 1 aliphatic heterocycles. The number of amides is 1. The molecule has 1 N–H and O–H groups in total. The van der Waals surface area contributed by atoms with Crippen LogP contribution in [-0.2, 0) is 15.3 Å². The molecule has 1 aromatic heterocycles. The summed E-state index contributed by atoms with van der Waals surface area (Å²) in [6, 6.07) is 22.9. The van der Waals surface area contributed by atoms with Crippen molar-refractivity contribution >= 4 is 57.6 Å². The zero-order valence-corrected chi connectivity index (χ0v) is 23.0. The summed E-state index contributed by atoms with van der Waals surface area (Å²) in [5.74, 6) is -0.535. The second-order valence-corrected chi connectivity index (χ2v) is 11.1. The van der Waals surface area contributed by atoms with E-state index in [0.717, 1.165) is 11.1 Å². The molecule has 0 bridgehead atoms. The predicted octanol–water partition coefficient (Wildman–Crippen LogP) is 6.67. The predicted molar refractivity (Wildman–Crippen MR) is 154 cm³/mol. The van der Waals surface area contributed by atoms with Gasteiger partial charge in [0.1, 0.15) is 5.75 Å². The SMILES string of the molecule is COc1ccc(C2C(C(=O)/C=C/c3ccccc3)=C(O)C(=O)N2c2nnc(SCc3ccc(Cl)cc3)s2)cc1. The number of benzene rings is 3. The maximum Gasteiger partial charge on any atom is 0.296 e. The molecule has 0 aliphatic carbocycles. The third-order valence-electron chi connectivity index (χ3n) is 6.01. The largest absolute Gasteiger partial charge is 0.503 e. The fourth-order valence-corrected chi connectivity index (χ4v) is 6.01. The van der Waals surface area contributed by atoms with E-state index in [1.165, 1.54) is 34.1 Å². The molecule has 4 aromatic rings. The average Bonchev–Trinajstić information content (AvgIpc) is 3.54. The highest BCUT2D eigenvalue weighted by Gasteiger charge is 2.45. The van der Waals surface area contributed by atoms with E-state index in [0.29, 0.717) is 26.4 Å². The van der Waals surface area contributed by atoms with E-state index in [1.54, 1.807) is 37.5 Å². The Labute approximate surface area is 238 Å². The van der Waals surface area contributed by atoms with Crippen LogP contribution in [0.5, 0.6) is 5.75 Å². The van der Waals surface area contributed by atoms with E-state index in [4.69, 9.17) is 16.3 Å². The Kier molecular flexibility index (Phi) is 8.11. The first kappa shape index (κ1) is 26.7. The summed E-state index contributed by atoms with van der Waals surface area (Å²) in [5.41, 5.74) is 2.48. The standard InChI is InChI=1S/C29H22ClN3O4S2/c1-37-22-14-10-20(11-15-22)25-24(23(34)16-9-18-5-3-2-4-6-18)26(35)27(36)33(25)28-31-32-29(39-28)38-17-19-7-12-21(30)13-8-19/h2-16,25,35H,17H2,1H3/b16-9+. The molecule has 39 heavy (non-hydrogen) atoms. The molecule has 0 fully saturated rings. The van der Waals surface area contributed by atoms with Gasteiger partial charge in [0, 0.05) is 10.8 Å². The molecule has 0 saturated heterocycles. The maximum atomic E-state index is 13.4. The molecule has 0 saturated carbocycles. The molecule has 0 radical (unpaired) electrons. The summed E-state index contributed by atoms with van der Waals surface area (Å²) < 4.78 is 5.91. The number of allylic oxidation sites excluding steroid dienone is 1. The first-order chi connectivity index (χ1) is 18.9. The minimum atomic E-state index is -0.890. The summed E-state index contributed by atoms with van der Waals surface area (Å²) in [6.45, 7) is 0. The highest BCUT2D eigenvalue weighted by Crippen LogP contribution is 2.43. The lowest BCUT2D eigenvalue weighted by molar-refractivity contribution is -0.117. The normalized spacial score (nSPS) is 15.4. The van der Waals surface area contributed by atoms with Crippen molar-refractivity contribution in [3.8, 4) is 5.75 Å². The van der Waals surface area contributed by atoms with Gasteiger partial charge in [-0.1, -0.05) is 95.4 Å². The van der Waals surface area contributed by atoms with Crippen LogP contribution < -0.4 is 9.64 Å². The lowest BCUT2D eigenvalue weighted by Gasteiger charge is -2.23. The van der Waals surface area contributed by atoms with Crippen molar-refractivity contribution in [3.63, 3.8) is 0 Å². The van der Waals surface area contributed by atoms with E-state index in [1.807, 2.05) is 54.6 Å². The van der Waals surface area contributed by atoms with E-state index in [9.17, 15) is 14.7 Å². The molecule has 1 unspecified atom stereocenters. The fraction of sp³-hybridized carbons (Fsp3) is 0.103. The quantitative estimate of drug-likeness (QED) is 0.135. The van der Waals surface area contributed by atoms with Gasteiger partial charge < -0.3 is 9.84 Å². The number of aliphatic hydroxyl groups is 1. The summed E-state index contributed by atoms with van der Waals surface area (Å²) in [5, 5.41) is 20.4. The zero-order chi connectivity index (χ0) is 27.4. The molecule has 1 aliphatic rings. The Balaban J connectivity index is 1.45. The molecule has 196 valence electrons. The van der Waals surface area contributed by atoms with Gasteiger partial charge in [-0.2, -0.15) is 0 Å². The minimum Gasteiger partial charge on any atom is -0.503 e. The summed E-state index contributed by atoms with van der Waals surface area (Å²) in [4.78, 5) is 28.1. The Morgan fingerprint density at radius 3 is 2.49 bits per heavy atom. The van der Waals surface area contributed by atoms with Crippen molar-refractivity contribution in [2.45, 2.75) is 16.1 Å². The fourth-order valence-electron chi connectivity index (χ4n) is 4.07. The number of thioether (sulfide) groups is 1. The van der Waals surface area contributed by atoms with Gasteiger partial charge in [-0.15, -0.1) is 10.2 Å². The van der Waals surface area contributed by atoms with Gasteiger partial charge in [0.15, 0.2) is 15.9 Å². The lowest BCUT2D eigenvalue weighted by atomic mass is 9.95. The van der Waals surface area contributed by atoms with Crippen LogP contribution in [0.4, 0.5) is 5.13 Å². The first-order valence-corrected chi connectivity index (χ1v) is 14.0. The number of methoxy groups -OCH3 is 1. The van der Waals surface area contributed by atoms with Crippen molar-refractivity contribution in [2.75, 3.05) is 12.0 Å². The molecular formula is C29H22ClN3O4S2. The number of aromatic nitrogens is 2. The van der Waals surface area contributed by atoms with Crippen LogP contribution in [-0.4, -0.2) is 34.1 Å². The number of hydrogen-bond acceptors (Lipinski definition) is 8. The molecule has 5 rings (SSSR count). The van der Waals surface area contributed by atoms with Crippen molar-refractivity contribution < 1.29 is 19.4 Å². The number of nitrogens with zero attached hydrogens (tertiary/aromatic N) is 3. The number of aliphatic hydroxyl groups excluding tert-OH is 1. The topological polar surface area (TPSA) is 92.6 Å². The highest BCUT2D eigenvalue weighted by atomic mass is 35.5. The van der Waals surface area contributed by atoms with Crippen LogP contribution in [0.15, 0.2) is 101 Å². The van der Waals surface area contributed by atoms with Gasteiger partial charge in [-0.25, -0.2) is 0 Å². The van der Waals surface area contributed by atoms with Gasteiger partial charge in [0.25, 0.3) is 5.91 Å². The van der Waals surface area contributed by atoms with Crippen molar-refractivity contribution in [1.29, 1.82) is 0 Å². The third kappa shape index (κ3) is 5.90. The number of halogens is 1. The summed E-state index contributed by atoms with van der Waals surface area (Å²) in [7, 11) is 1.56. The number of rotatable bonds is 9. The summed E-state index contributed by atoms with van der Waals surface area (Å²) >= 11 is 8.66. The van der Waals surface area contributed by atoms with Crippen LogP contribution >= 0.6 is 34.7 Å². The molecule has 7 nitrogen and oxygen atoms in total. The zero-order valence-electron chi connectivity index (χ0n) is 20.7. The second-order valence-electron chi connectivity index (χ2n) is 8.49. The summed E-state index contributed by atoms with van der Waals surface area (Å²) in [6.07, 6.45) is 3.01. The Morgan fingerprint density at radius 2 is 1.79 bits per heavy atom. The number of carbonyl (C=O) groups is 2. The van der Waals surface area contributed by atoms with Crippen molar-refractivity contribution in [2.24, 2.45) is 0 Å². The monoisotopic (exact) mass is 575 g/mol. The molecule has 3 aromatic carbocycles. The Morgan fingerprint density at radius 1 is 1.08 bits per heavy atom. The van der Waals surface area contributed by atoms with E-state index in [2.05, 4.69) is 10.2 Å².